The summed E-state index contributed by atoms with van der Waals surface area (Å²) in [6.45, 7) is 0.709. The maximum atomic E-state index is 5.62. The van der Waals surface area contributed by atoms with Gasteiger partial charge in [-0.25, -0.2) is 4.98 Å². The third-order valence-corrected chi connectivity index (χ3v) is 4.51. The van der Waals surface area contributed by atoms with E-state index in [2.05, 4.69) is 48.5 Å². The number of benzene rings is 2. The zero-order chi connectivity index (χ0) is 14.5. The summed E-state index contributed by atoms with van der Waals surface area (Å²) in [5.41, 5.74) is 9.10. The van der Waals surface area contributed by atoms with Gasteiger partial charge in [0.2, 0.25) is 0 Å². The third kappa shape index (κ3) is 3.20. The van der Waals surface area contributed by atoms with E-state index >= 15 is 0 Å². The summed E-state index contributed by atoms with van der Waals surface area (Å²) in [7, 11) is 0. The molecule has 0 saturated heterocycles. The molecule has 0 unspecified atom stereocenters. The van der Waals surface area contributed by atoms with E-state index in [9.17, 15) is 0 Å². The molecule has 2 nitrogen and oxygen atoms in total. The number of aromatic nitrogens is 1. The molecule has 0 saturated carbocycles. The normalized spacial score (nSPS) is 10.7. The van der Waals surface area contributed by atoms with Crippen molar-refractivity contribution in [3.63, 3.8) is 0 Å². The van der Waals surface area contributed by atoms with Gasteiger partial charge in [0, 0.05) is 12.0 Å². The number of hydrogen-bond acceptors (Lipinski definition) is 3. The Morgan fingerprint density at radius 1 is 0.857 bits per heavy atom. The minimum atomic E-state index is 0.709. The Kier molecular flexibility index (Phi) is 4.43. The highest BCUT2D eigenvalue weighted by atomic mass is 32.1. The third-order valence-electron chi connectivity index (χ3n) is 3.35. The summed E-state index contributed by atoms with van der Waals surface area (Å²) < 4.78 is 0. The van der Waals surface area contributed by atoms with Crippen LogP contribution >= 0.6 is 11.3 Å². The molecule has 21 heavy (non-hydrogen) atoms. The second-order valence-electron chi connectivity index (χ2n) is 4.91. The van der Waals surface area contributed by atoms with Crippen LogP contribution in [-0.2, 0) is 6.42 Å². The molecule has 106 valence electrons. The van der Waals surface area contributed by atoms with Crippen LogP contribution in [0.2, 0.25) is 0 Å². The quantitative estimate of drug-likeness (QED) is 0.759. The Hall–Kier alpha value is -1.97. The van der Waals surface area contributed by atoms with Gasteiger partial charge in [0.1, 0.15) is 0 Å². The first-order valence-electron chi connectivity index (χ1n) is 7.19. The maximum Gasteiger partial charge on any atom is 0.0939 e. The van der Waals surface area contributed by atoms with Crippen LogP contribution < -0.4 is 5.73 Å². The van der Waals surface area contributed by atoms with Gasteiger partial charge in [-0.3, -0.25) is 0 Å². The van der Waals surface area contributed by atoms with Crippen molar-refractivity contribution in [2.24, 2.45) is 5.73 Å². The van der Waals surface area contributed by atoms with Gasteiger partial charge in [-0.15, -0.1) is 11.3 Å². The molecule has 1 heterocycles. The zero-order valence-electron chi connectivity index (χ0n) is 11.8. The first-order valence-corrected chi connectivity index (χ1v) is 8.01. The fraction of sp³-hybridized carbons (Fsp3) is 0.167. The lowest BCUT2D eigenvalue weighted by Gasteiger charge is -2.02. The number of nitrogens with two attached hydrogens (primary N) is 1. The van der Waals surface area contributed by atoms with Crippen LogP contribution in [0.4, 0.5) is 0 Å². The Balaban J connectivity index is 2.06. The fourth-order valence-electron chi connectivity index (χ4n) is 2.30. The molecule has 1 aromatic heterocycles. The van der Waals surface area contributed by atoms with Gasteiger partial charge in [0.15, 0.2) is 0 Å². The SMILES string of the molecule is NCCCc1nc(-c2ccccc2)c(-c2ccccc2)s1. The molecule has 0 aliphatic rings. The van der Waals surface area contributed by atoms with Gasteiger partial charge >= 0.3 is 0 Å². The summed E-state index contributed by atoms with van der Waals surface area (Å²) in [5.74, 6) is 0. The monoisotopic (exact) mass is 294 g/mol. The van der Waals surface area contributed by atoms with Crippen molar-refractivity contribution in [2.45, 2.75) is 12.8 Å². The van der Waals surface area contributed by atoms with Crippen molar-refractivity contribution in [2.75, 3.05) is 6.54 Å². The zero-order valence-corrected chi connectivity index (χ0v) is 12.6. The molecule has 0 amide bonds. The lowest BCUT2D eigenvalue weighted by atomic mass is 10.1. The molecular formula is C18H18N2S. The van der Waals surface area contributed by atoms with E-state index in [-0.39, 0.29) is 0 Å². The summed E-state index contributed by atoms with van der Waals surface area (Å²) in [6, 6.07) is 20.9. The number of aryl methyl sites for hydroxylation is 1. The minimum absolute atomic E-state index is 0.709. The molecule has 0 bridgehead atoms. The van der Waals surface area contributed by atoms with Crippen molar-refractivity contribution >= 4 is 11.3 Å². The number of rotatable bonds is 5. The van der Waals surface area contributed by atoms with Crippen molar-refractivity contribution in [1.29, 1.82) is 0 Å². The first-order chi connectivity index (χ1) is 10.4. The molecule has 3 aromatic rings. The lowest BCUT2D eigenvalue weighted by Crippen LogP contribution is -1.99. The molecule has 0 aliphatic heterocycles. The van der Waals surface area contributed by atoms with E-state index in [1.165, 1.54) is 16.0 Å². The predicted molar refractivity (Wildman–Crippen MR) is 90.4 cm³/mol. The molecule has 3 rings (SSSR count). The molecular weight excluding hydrogens is 276 g/mol. The summed E-state index contributed by atoms with van der Waals surface area (Å²) >= 11 is 1.78. The lowest BCUT2D eigenvalue weighted by molar-refractivity contribution is 0.827. The van der Waals surface area contributed by atoms with Crippen LogP contribution in [0.15, 0.2) is 60.7 Å². The largest absolute Gasteiger partial charge is 0.330 e. The Morgan fingerprint density at radius 2 is 1.48 bits per heavy atom. The van der Waals surface area contributed by atoms with Crippen molar-refractivity contribution in [3.8, 4) is 21.7 Å². The van der Waals surface area contributed by atoms with Gasteiger partial charge in [-0.1, -0.05) is 60.7 Å². The first kappa shape index (κ1) is 14.0. The Labute approximate surface area is 129 Å². The van der Waals surface area contributed by atoms with E-state index in [1.54, 1.807) is 11.3 Å². The molecule has 3 heteroatoms. The van der Waals surface area contributed by atoms with Gasteiger partial charge < -0.3 is 5.73 Å². The molecule has 2 aromatic carbocycles. The average Bonchev–Trinajstić information content (AvgIpc) is 2.99. The van der Waals surface area contributed by atoms with E-state index in [0.29, 0.717) is 6.54 Å². The van der Waals surface area contributed by atoms with Gasteiger partial charge in [0.05, 0.1) is 15.6 Å². The smallest absolute Gasteiger partial charge is 0.0939 e. The Morgan fingerprint density at radius 3 is 2.10 bits per heavy atom. The van der Waals surface area contributed by atoms with Crippen LogP contribution in [0.25, 0.3) is 21.7 Å². The number of nitrogens with zero attached hydrogens (tertiary/aromatic N) is 1. The van der Waals surface area contributed by atoms with E-state index in [4.69, 9.17) is 10.7 Å². The molecule has 0 radical (unpaired) electrons. The molecule has 0 spiro atoms. The summed E-state index contributed by atoms with van der Waals surface area (Å²) in [5, 5.41) is 1.16. The Bertz CT molecular complexity index is 633. The molecule has 2 N–H and O–H groups in total. The standard InChI is InChI=1S/C18H18N2S/c19-13-7-12-16-20-17(14-8-3-1-4-9-14)18(21-16)15-10-5-2-6-11-15/h1-6,8-11H,7,12-13,19H2. The van der Waals surface area contributed by atoms with Crippen molar-refractivity contribution in [3.05, 3.63) is 65.7 Å². The van der Waals surface area contributed by atoms with Gasteiger partial charge in [-0.2, -0.15) is 0 Å². The van der Waals surface area contributed by atoms with Gasteiger partial charge in [-0.05, 0) is 18.5 Å². The molecule has 0 aliphatic carbocycles. The highest BCUT2D eigenvalue weighted by Crippen LogP contribution is 2.36. The van der Waals surface area contributed by atoms with Crippen LogP contribution in [0, 0.1) is 0 Å². The number of thiazole rings is 1. The van der Waals surface area contributed by atoms with Crippen LogP contribution in [-0.4, -0.2) is 11.5 Å². The molecule has 0 atom stereocenters. The summed E-state index contributed by atoms with van der Waals surface area (Å²) in [6.07, 6.45) is 1.93. The number of hydrogen-bond donors (Lipinski definition) is 1. The summed E-state index contributed by atoms with van der Waals surface area (Å²) in [4.78, 5) is 6.10. The molecule has 0 fully saturated rings. The highest BCUT2D eigenvalue weighted by molar-refractivity contribution is 7.15. The van der Waals surface area contributed by atoms with Crippen LogP contribution in [0.5, 0.6) is 0 Å². The van der Waals surface area contributed by atoms with Crippen LogP contribution in [0.1, 0.15) is 11.4 Å². The van der Waals surface area contributed by atoms with E-state index in [1.807, 2.05) is 12.1 Å². The van der Waals surface area contributed by atoms with Crippen molar-refractivity contribution in [1.82, 2.24) is 4.98 Å². The van der Waals surface area contributed by atoms with Gasteiger partial charge in [0.25, 0.3) is 0 Å². The second kappa shape index (κ2) is 6.66. The topological polar surface area (TPSA) is 38.9 Å². The van der Waals surface area contributed by atoms with Crippen molar-refractivity contribution < 1.29 is 0 Å². The van der Waals surface area contributed by atoms with Crippen LogP contribution in [0.3, 0.4) is 0 Å². The van der Waals surface area contributed by atoms with E-state index < -0.39 is 0 Å². The maximum absolute atomic E-state index is 5.62. The second-order valence-corrected chi connectivity index (χ2v) is 5.99. The minimum Gasteiger partial charge on any atom is -0.330 e. The highest BCUT2D eigenvalue weighted by Gasteiger charge is 2.14. The predicted octanol–water partition coefficient (Wildman–Crippen LogP) is 4.37. The fourth-order valence-corrected chi connectivity index (χ4v) is 3.43. The van der Waals surface area contributed by atoms with E-state index in [0.717, 1.165) is 23.5 Å². The average molecular weight is 294 g/mol.